The monoisotopic (exact) mass is 415 g/mol. The predicted molar refractivity (Wildman–Crippen MR) is 117 cm³/mol. The van der Waals surface area contributed by atoms with E-state index in [9.17, 15) is 4.79 Å². The Kier molecular flexibility index (Phi) is 4.05. The van der Waals surface area contributed by atoms with Gasteiger partial charge in [0.25, 0.3) is 0 Å². The molecule has 0 bridgehead atoms. The molecule has 0 saturated heterocycles. The summed E-state index contributed by atoms with van der Waals surface area (Å²) in [6.45, 7) is 0. The van der Waals surface area contributed by atoms with Crippen molar-refractivity contribution in [2.24, 2.45) is 5.92 Å². The van der Waals surface area contributed by atoms with Gasteiger partial charge < -0.3 is 19.8 Å². The highest BCUT2D eigenvalue weighted by molar-refractivity contribution is 6.03. The molecule has 0 aliphatic heterocycles. The van der Waals surface area contributed by atoms with Gasteiger partial charge in [-0.25, -0.2) is 15.0 Å². The van der Waals surface area contributed by atoms with Crippen LogP contribution in [0.4, 0.5) is 11.6 Å². The minimum Gasteiger partial charge on any atom is -0.497 e. The first-order chi connectivity index (χ1) is 15.2. The van der Waals surface area contributed by atoms with E-state index in [1.165, 1.54) is 0 Å². The molecule has 8 nitrogen and oxygen atoms in total. The van der Waals surface area contributed by atoms with E-state index in [0.717, 1.165) is 47.8 Å². The van der Waals surface area contributed by atoms with Crippen molar-refractivity contribution in [1.29, 1.82) is 0 Å². The number of benzene rings is 1. The molecule has 2 N–H and O–H groups in total. The molecule has 1 amide bonds. The molecule has 6 rings (SSSR count). The molecule has 0 unspecified atom stereocenters. The number of nitrogens with zero attached hydrogens (tertiary/aromatic N) is 3. The summed E-state index contributed by atoms with van der Waals surface area (Å²) in [6, 6.07) is 7.84. The molecule has 3 aromatic heterocycles. The Labute approximate surface area is 178 Å². The molecular formula is C23H21N5O3. The molecule has 0 radical (unpaired) electrons. The van der Waals surface area contributed by atoms with E-state index in [4.69, 9.17) is 9.15 Å². The number of aromatic nitrogens is 3. The molecule has 0 atom stereocenters. The average Bonchev–Trinajstić information content (AvgIpc) is 3.71. The molecule has 2 aliphatic carbocycles. The zero-order valence-electron chi connectivity index (χ0n) is 17.0. The van der Waals surface area contributed by atoms with Gasteiger partial charge in [-0.05, 0) is 43.9 Å². The van der Waals surface area contributed by atoms with Crippen molar-refractivity contribution in [2.45, 2.75) is 31.7 Å². The van der Waals surface area contributed by atoms with Gasteiger partial charge in [0.1, 0.15) is 22.9 Å². The van der Waals surface area contributed by atoms with Crippen LogP contribution in [0.15, 0.2) is 41.1 Å². The number of carbonyl (C=O) groups excluding carboxylic acids is 1. The number of pyridine rings is 2. The fourth-order valence-corrected chi connectivity index (χ4v) is 3.63. The first-order valence-corrected chi connectivity index (χ1v) is 10.5. The number of ether oxygens (including phenoxy) is 1. The molecule has 8 heteroatoms. The molecule has 156 valence electrons. The van der Waals surface area contributed by atoms with Crippen molar-refractivity contribution >= 4 is 39.4 Å². The molecule has 1 aromatic carbocycles. The summed E-state index contributed by atoms with van der Waals surface area (Å²) in [5.41, 5.74) is 2.12. The lowest BCUT2D eigenvalue weighted by Crippen LogP contribution is -2.14. The molecule has 3 heterocycles. The minimum absolute atomic E-state index is 0.0211. The molecule has 2 fully saturated rings. The van der Waals surface area contributed by atoms with E-state index < -0.39 is 0 Å². The van der Waals surface area contributed by atoms with Crippen molar-refractivity contribution in [3.8, 4) is 17.2 Å². The lowest BCUT2D eigenvalue weighted by atomic mass is 10.1. The van der Waals surface area contributed by atoms with Gasteiger partial charge in [0.2, 0.25) is 11.8 Å². The summed E-state index contributed by atoms with van der Waals surface area (Å²) < 4.78 is 11.3. The molecule has 4 aromatic rings. The molecule has 2 saturated carbocycles. The highest BCUT2D eigenvalue weighted by Gasteiger charge is 2.30. The van der Waals surface area contributed by atoms with Gasteiger partial charge in [-0.2, -0.15) is 0 Å². The standard InChI is InChI=1S/C23H21N5O3/c1-30-14-6-7-19-18(8-14)27-23(31-19)17-11-25-21(26-13-4-5-13)16-10-24-20(9-15(16)17)28-22(29)12-2-3-12/h6-13H,2-5H2,1H3,(H,25,26)(H,24,28,29). The van der Waals surface area contributed by atoms with Crippen LogP contribution in [0.5, 0.6) is 5.75 Å². The number of anilines is 2. The van der Waals surface area contributed by atoms with E-state index in [2.05, 4.69) is 25.6 Å². The second-order valence-corrected chi connectivity index (χ2v) is 8.17. The summed E-state index contributed by atoms with van der Waals surface area (Å²) in [4.78, 5) is 26.0. The maximum atomic E-state index is 12.2. The van der Waals surface area contributed by atoms with E-state index in [1.54, 1.807) is 19.5 Å². The average molecular weight is 415 g/mol. The fraction of sp³-hybridized carbons (Fsp3) is 0.304. The lowest BCUT2D eigenvalue weighted by molar-refractivity contribution is -0.117. The van der Waals surface area contributed by atoms with Crippen LogP contribution in [0.1, 0.15) is 25.7 Å². The third kappa shape index (κ3) is 3.43. The van der Waals surface area contributed by atoms with E-state index in [1.807, 2.05) is 24.3 Å². The first-order valence-electron chi connectivity index (χ1n) is 10.5. The maximum absolute atomic E-state index is 12.2. The lowest BCUT2D eigenvalue weighted by Gasteiger charge is -2.11. The first kappa shape index (κ1) is 18.1. The van der Waals surface area contributed by atoms with Crippen molar-refractivity contribution in [1.82, 2.24) is 15.0 Å². The van der Waals surface area contributed by atoms with Crippen molar-refractivity contribution in [2.75, 3.05) is 17.7 Å². The number of rotatable bonds is 6. The number of hydrogen-bond acceptors (Lipinski definition) is 7. The summed E-state index contributed by atoms with van der Waals surface area (Å²) in [5, 5.41) is 8.13. The Hall–Kier alpha value is -3.68. The van der Waals surface area contributed by atoms with Crippen LogP contribution >= 0.6 is 0 Å². The Morgan fingerprint density at radius 1 is 1.10 bits per heavy atom. The number of oxazole rings is 1. The number of amides is 1. The molecule has 2 aliphatic rings. The molecule has 31 heavy (non-hydrogen) atoms. The second kappa shape index (κ2) is 6.94. The van der Waals surface area contributed by atoms with Crippen LogP contribution in [0.2, 0.25) is 0 Å². The van der Waals surface area contributed by atoms with Crippen molar-refractivity contribution in [3.05, 3.63) is 36.7 Å². The van der Waals surface area contributed by atoms with Gasteiger partial charge >= 0.3 is 0 Å². The largest absolute Gasteiger partial charge is 0.497 e. The minimum atomic E-state index is 0.0211. The SMILES string of the molecule is COc1ccc2oc(-c3cnc(NC4CC4)c4cnc(NC(=O)C5CC5)cc34)nc2c1. The third-order valence-corrected chi connectivity index (χ3v) is 5.71. The summed E-state index contributed by atoms with van der Waals surface area (Å²) >= 11 is 0. The number of nitrogens with one attached hydrogen (secondary N) is 2. The van der Waals surface area contributed by atoms with Gasteiger partial charge in [0.15, 0.2) is 5.58 Å². The van der Waals surface area contributed by atoms with E-state index >= 15 is 0 Å². The summed E-state index contributed by atoms with van der Waals surface area (Å²) in [7, 11) is 1.62. The van der Waals surface area contributed by atoms with Crippen LogP contribution < -0.4 is 15.4 Å². The van der Waals surface area contributed by atoms with Crippen LogP contribution in [0.3, 0.4) is 0 Å². The quantitative estimate of drug-likeness (QED) is 0.482. The zero-order chi connectivity index (χ0) is 20.9. The van der Waals surface area contributed by atoms with Gasteiger partial charge in [-0.1, -0.05) is 0 Å². The number of fused-ring (bicyclic) bond motifs is 2. The number of methoxy groups -OCH3 is 1. The van der Waals surface area contributed by atoms with Gasteiger partial charge in [0, 0.05) is 41.2 Å². The van der Waals surface area contributed by atoms with Crippen LogP contribution in [0.25, 0.3) is 33.3 Å². The van der Waals surface area contributed by atoms with Crippen molar-refractivity contribution < 1.29 is 13.9 Å². The summed E-state index contributed by atoms with van der Waals surface area (Å²) in [6.07, 6.45) is 7.68. The van der Waals surface area contributed by atoms with Crippen LogP contribution in [-0.4, -0.2) is 34.0 Å². The van der Waals surface area contributed by atoms with Gasteiger partial charge in [-0.3, -0.25) is 4.79 Å². The van der Waals surface area contributed by atoms with Gasteiger partial charge in [0.05, 0.1) is 12.7 Å². The van der Waals surface area contributed by atoms with Crippen LogP contribution in [0, 0.1) is 5.92 Å². The summed E-state index contributed by atoms with van der Waals surface area (Å²) in [5.74, 6) is 2.61. The van der Waals surface area contributed by atoms with Crippen molar-refractivity contribution in [3.63, 3.8) is 0 Å². The highest BCUT2D eigenvalue weighted by Crippen LogP contribution is 2.36. The predicted octanol–water partition coefficient (Wildman–Crippen LogP) is 4.37. The smallest absolute Gasteiger partial charge is 0.229 e. The topological polar surface area (TPSA) is 102 Å². The fourth-order valence-electron chi connectivity index (χ4n) is 3.63. The van der Waals surface area contributed by atoms with E-state index in [-0.39, 0.29) is 11.8 Å². The Bertz CT molecular complexity index is 1320. The molecule has 0 spiro atoms. The third-order valence-electron chi connectivity index (χ3n) is 5.71. The zero-order valence-corrected chi connectivity index (χ0v) is 17.0. The number of hydrogen-bond donors (Lipinski definition) is 2. The Balaban J connectivity index is 1.47. The second-order valence-electron chi connectivity index (χ2n) is 8.17. The molecular weight excluding hydrogens is 394 g/mol. The Morgan fingerprint density at radius 3 is 2.74 bits per heavy atom. The van der Waals surface area contributed by atoms with Gasteiger partial charge in [-0.15, -0.1) is 0 Å². The number of carbonyl (C=O) groups is 1. The Morgan fingerprint density at radius 2 is 1.97 bits per heavy atom. The normalized spacial score (nSPS) is 15.9. The van der Waals surface area contributed by atoms with Crippen LogP contribution in [-0.2, 0) is 4.79 Å². The van der Waals surface area contributed by atoms with E-state index in [0.29, 0.717) is 34.6 Å². The highest BCUT2D eigenvalue weighted by atomic mass is 16.5. The maximum Gasteiger partial charge on any atom is 0.229 e.